The molecule has 1 rings (SSSR count). The fraction of sp³-hybridized carbons (Fsp3) is 0.667. The molecule has 0 saturated heterocycles. The summed E-state index contributed by atoms with van der Waals surface area (Å²) < 4.78 is 45.5. The van der Waals surface area contributed by atoms with E-state index in [2.05, 4.69) is 39.0 Å². The van der Waals surface area contributed by atoms with Crippen LogP contribution in [0.15, 0.2) is 34.9 Å². The van der Waals surface area contributed by atoms with Gasteiger partial charge in [0.15, 0.2) is 11.0 Å². The summed E-state index contributed by atoms with van der Waals surface area (Å²) in [5.41, 5.74) is -0.0499. The molecule has 6 heteroatoms. The lowest BCUT2D eigenvalue weighted by atomic mass is 9.98. The number of alkyl halides is 3. The third kappa shape index (κ3) is 12.5. The van der Waals surface area contributed by atoms with Gasteiger partial charge in [-0.2, -0.15) is 13.2 Å². The van der Waals surface area contributed by atoms with Gasteiger partial charge in [0, 0.05) is 6.54 Å². The van der Waals surface area contributed by atoms with E-state index in [1.165, 1.54) is 36.5 Å². The normalized spacial score (nSPS) is 20.3. The molecule has 1 aliphatic carbocycles. The lowest BCUT2D eigenvalue weighted by Gasteiger charge is -2.08. The molecule has 0 spiro atoms. The van der Waals surface area contributed by atoms with Gasteiger partial charge >= 0.3 is 5.51 Å². The molecule has 2 nitrogen and oxygen atoms in total. The van der Waals surface area contributed by atoms with E-state index in [1.54, 1.807) is 4.72 Å². The molecular weight excluding hydrogens is 335 g/mol. The summed E-state index contributed by atoms with van der Waals surface area (Å²) in [4.78, 5) is 0. The minimum atomic E-state index is -4.63. The van der Waals surface area contributed by atoms with Gasteiger partial charge in [-0.1, -0.05) is 69.1 Å². The van der Waals surface area contributed by atoms with Crippen LogP contribution >= 0.6 is 0 Å². The van der Waals surface area contributed by atoms with Crippen molar-refractivity contribution in [1.82, 2.24) is 4.72 Å². The van der Waals surface area contributed by atoms with E-state index in [-0.39, 0.29) is 6.54 Å². The summed E-state index contributed by atoms with van der Waals surface area (Å²) in [5.74, 6) is 0. The molecule has 0 radical (unpaired) electrons. The molecule has 142 valence electrons. The predicted octanol–water partition coefficient (Wildman–Crippen LogP) is 6.20. The van der Waals surface area contributed by atoms with Gasteiger partial charge in [0.05, 0.1) is 0 Å². The summed E-state index contributed by atoms with van der Waals surface area (Å²) in [6.07, 6.45) is 11.7. The fourth-order valence-corrected chi connectivity index (χ4v) is 2.20. The van der Waals surface area contributed by atoms with Crippen LogP contribution in [0.1, 0.15) is 67.2 Å². The van der Waals surface area contributed by atoms with Crippen molar-refractivity contribution in [2.75, 3.05) is 6.54 Å². The van der Waals surface area contributed by atoms with Crippen molar-refractivity contribution in [2.24, 2.45) is 0 Å². The summed E-state index contributed by atoms with van der Waals surface area (Å²) in [6.45, 7) is 12.2. The first-order valence-electron chi connectivity index (χ1n) is 8.45. The first-order chi connectivity index (χ1) is 11.2. The largest absolute Gasteiger partial charge is 0.485 e. The monoisotopic (exact) mass is 367 g/mol. The molecule has 0 saturated carbocycles. The molecule has 0 fully saturated rings. The summed E-state index contributed by atoms with van der Waals surface area (Å²) in [7, 11) is -2.89. The second kappa shape index (κ2) is 14.5. The lowest BCUT2D eigenvalue weighted by Crippen LogP contribution is -2.29. The molecule has 0 heterocycles. The molecule has 0 aromatic heterocycles. The molecule has 1 aliphatic rings. The zero-order chi connectivity index (χ0) is 19.2. The van der Waals surface area contributed by atoms with E-state index in [0.29, 0.717) is 0 Å². The van der Waals surface area contributed by atoms with Crippen molar-refractivity contribution < 1.29 is 17.4 Å². The van der Waals surface area contributed by atoms with Crippen molar-refractivity contribution >= 4 is 11.0 Å². The van der Waals surface area contributed by atoms with E-state index in [1.807, 2.05) is 13.8 Å². The predicted molar refractivity (Wildman–Crippen MR) is 99.0 cm³/mol. The van der Waals surface area contributed by atoms with Gasteiger partial charge in [-0.05, 0) is 33.1 Å². The quantitative estimate of drug-likeness (QED) is 0.588. The van der Waals surface area contributed by atoms with Gasteiger partial charge in [0.2, 0.25) is 0 Å². The Bertz CT molecular complexity index is 452. The maximum Gasteiger partial charge on any atom is 0.485 e. The van der Waals surface area contributed by atoms with Gasteiger partial charge in [-0.15, -0.1) is 0 Å². The Morgan fingerprint density at radius 3 is 2.08 bits per heavy atom. The van der Waals surface area contributed by atoms with Crippen molar-refractivity contribution in [2.45, 2.75) is 72.7 Å². The highest BCUT2D eigenvalue weighted by atomic mass is 32.2. The first kappa shape index (κ1) is 25.4. The zero-order valence-electron chi connectivity index (χ0n) is 15.7. The highest BCUT2D eigenvalue weighted by Gasteiger charge is 2.36. The van der Waals surface area contributed by atoms with Crippen LogP contribution in [-0.2, 0) is 11.0 Å². The van der Waals surface area contributed by atoms with E-state index in [4.69, 9.17) is 0 Å². The van der Waals surface area contributed by atoms with Crippen molar-refractivity contribution in [3.05, 3.63) is 34.9 Å². The number of halogens is 3. The van der Waals surface area contributed by atoms with E-state index < -0.39 is 16.5 Å². The second-order valence-corrected chi connectivity index (χ2v) is 6.40. The van der Waals surface area contributed by atoms with Crippen molar-refractivity contribution in [3.63, 3.8) is 0 Å². The van der Waals surface area contributed by atoms with Crippen LogP contribution < -0.4 is 4.72 Å². The molecule has 24 heavy (non-hydrogen) atoms. The topological polar surface area (TPSA) is 29.1 Å². The molecular formula is C18H32F3NOS. The van der Waals surface area contributed by atoms with E-state index in [9.17, 15) is 17.4 Å². The molecule has 1 unspecified atom stereocenters. The Hall–Kier alpha value is -0.880. The Morgan fingerprint density at radius 2 is 1.67 bits per heavy atom. The lowest BCUT2D eigenvalue weighted by molar-refractivity contribution is -0.0394. The van der Waals surface area contributed by atoms with Crippen LogP contribution in [-0.4, -0.2) is 16.3 Å². The second-order valence-electron chi connectivity index (χ2n) is 5.11. The first-order valence-corrected chi connectivity index (χ1v) is 9.60. The van der Waals surface area contributed by atoms with Crippen LogP contribution in [0.25, 0.3) is 0 Å². The van der Waals surface area contributed by atoms with Gasteiger partial charge in [-0.25, -0.2) is 8.93 Å². The zero-order valence-corrected chi connectivity index (χ0v) is 16.5. The summed E-state index contributed by atoms with van der Waals surface area (Å²) >= 11 is 0. The van der Waals surface area contributed by atoms with Gasteiger partial charge in [-0.3, -0.25) is 0 Å². The molecule has 0 aliphatic heterocycles. The van der Waals surface area contributed by atoms with Crippen molar-refractivity contribution in [3.8, 4) is 0 Å². The molecule has 0 amide bonds. The van der Waals surface area contributed by atoms with Gasteiger partial charge in [0.25, 0.3) is 0 Å². The van der Waals surface area contributed by atoms with Crippen LogP contribution in [0, 0.1) is 0 Å². The minimum absolute atomic E-state index is 0.0477. The number of rotatable bonds is 4. The Balaban J connectivity index is 0. The third-order valence-electron chi connectivity index (χ3n) is 3.18. The molecule has 0 aromatic rings. The average Bonchev–Trinajstić information content (AvgIpc) is 2.53. The smallest absolute Gasteiger partial charge is 0.234 e. The van der Waals surface area contributed by atoms with Gasteiger partial charge in [0.1, 0.15) is 0 Å². The molecule has 0 bridgehead atoms. The van der Waals surface area contributed by atoms with E-state index >= 15 is 0 Å². The van der Waals surface area contributed by atoms with E-state index in [0.717, 1.165) is 12.8 Å². The molecule has 1 atom stereocenters. The molecule has 1 N–H and O–H groups in total. The highest BCUT2D eigenvalue weighted by Crippen LogP contribution is 2.19. The standard InChI is InChI=1S/C13H20.C3H6F3NOS.C2H6/c1-4-6-13-8-5-7-11(2)12(3)9-10-13;1-2-7-9(8)3(4,5)6;1-2/h5,8,10H,4,6-7,9H2,1-3H3;7H,2H2,1H3;1-2H3/b8-5-,12-11-,13-10?;;. The van der Waals surface area contributed by atoms with Crippen LogP contribution in [0.2, 0.25) is 0 Å². The summed E-state index contributed by atoms with van der Waals surface area (Å²) in [6, 6.07) is 0. The Morgan fingerprint density at radius 1 is 1.12 bits per heavy atom. The average molecular weight is 368 g/mol. The highest BCUT2D eigenvalue weighted by molar-refractivity contribution is 7.83. The van der Waals surface area contributed by atoms with Crippen molar-refractivity contribution in [1.29, 1.82) is 0 Å². The SMILES string of the molecule is CC.CCCC1=CC/C(C)=C(/C)C/C=C\1.CCNS(=O)C(F)(F)F. The number of nitrogens with one attached hydrogen (secondary N) is 1. The van der Waals surface area contributed by atoms with Crippen LogP contribution in [0.3, 0.4) is 0 Å². The fourth-order valence-electron chi connectivity index (χ4n) is 1.77. The van der Waals surface area contributed by atoms with Crippen LogP contribution in [0.5, 0.6) is 0 Å². The Labute approximate surface area is 147 Å². The van der Waals surface area contributed by atoms with Crippen LogP contribution in [0.4, 0.5) is 13.2 Å². The molecule has 0 aromatic carbocycles. The maximum absolute atomic E-state index is 11.3. The summed E-state index contributed by atoms with van der Waals surface area (Å²) in [5, 5.41) is 0. The Kier molecular flexibility index (Phi) is 15.3. The number of hydrogen-bond donors (Lipinski definition) is 1. The minimum Gasteiger partial charge on any atom is -0.234 e. The number of allylic oxidation sites excluding steroid dienone is 6. The van der Waals surface area contributed by atoms with Gasteiger partial charge < -0.3 is 0 Å². The maximum atomic E-state index is 11.3. The third-order valence-corrected chi connectivity index (χ3v) is 4.15. The number of hydrogen-bond acceptors (Lipinski definition) is 1.